The molecule has 0 aliphatic carbocycles. The summed E-state index contributed by atoms with van der Waals surface area (Å²) >= 11 is 0. The van der Waals surface area contributed by atoms with Gasteiger partial charge in [-0.2, -0.15) is 8.42 Å². The number of hydrogen-bond acceptors (Lipinski definition) is 7. The van der Waals surface area contributed by atoms with Crippen molar-refractivity contribution in [2.45, 2.75) is 4.90 Å². The Morgan fingerprint density at radius 3 is 2.32 bits per heavy atom. The van der Waals surface area contributed by atoms with E-state index in [0.29, 0.717) is 22.6 Å². The van der Waals surface area contributed by atoms with Gasteiger partial charge in [0.25, 0.3) is 0 Å². The van der Waals surface area contributed by atoms with Crippen LogP contribution >= 0.6 is 0 Å². The Morgan fingerprint density at radius 1 is 0.871 bits per heavy atom. The number of ether oxygens (including phenoxy) is 3. The summed E-state index contributed by atoms with van der Waals surface area (Å²) in [5, 5.41) is 0. The zero-order chi connectivity index (χ0) is 22.0. The van der Waals surface area contributed by atoms with E-state index >= 15 is 0 Å². The minimum atomic E-state index is -4.01. The Labute approximate surface area is 179 Å². The molecule has 31 heavy (non-hydrogen) atoms. The third-order valence-corrected chi connectivity index (χ3v) is 5.87. The minimum Gasteiger partial charge on any atom is -0.497 e. The summed E-state index contributed by atoms with van der Waals surface area (Å²) in [4.78, 5) is 12.8. The van der Waals surface area contributed by atoms with E-state index < -0.39 is 10.1 Å². The van der Waals surface area contributed by atoms with Gasteiger partial charge in [-0.1, -0.05) is 18.2 Å². The fourth-order valence-corrected chi connectivity index (χ4v) is 4.00. The standard InChI is InChI=1S/C23H18O7S/c1-27-16-9-8-15(20(13-16)28-2)12-22-23(24)19-11-10-17(14-21(19)29-22)30-31(25,26)18-6-4-3-5-7-18/h3-14H,1-2H3/b22-12-. The highest BCUT2D eigenvalue weighted by molar-refractivity contribution is 7.87. The Hall–Kier alpha value is -3.78. The second-order valence-electron chi connectivity index (χ2n) is 6.56. The van der Waals surface area contributed by atoms with Gasteiger partial charge in [0.1, 0.15) is 27.9 Å². The number of methoxy groups -OCH3 is 2. The zero-order valence-corrected chi connectivity index (χ0v) is 17.5. The maximum atomic E-state index is 12.7. The van der Waals surface area contributed by atoms with Crippen molar-refractivity contribution in [3.63, 3.8) is 0 Å². The summed E-state index contributed by atoms with van der Waals surface area (Å²) in [6.45, 7) is 0. The molecule has 0 atom stereocenters. The molecule has 7 nitrogen and oxygen atoms in total. The van der Waals surface area contributed by atoms with Crippen molar-refractivity contribution in [3.8, 4) is 23.0 Å². The normalized spacial score (nSPS) is 14.1. The zero-order valence-electron chi connectivity index (χ0n) is 16.7. The van der Waals surface area contributed by atoms with E-state index in [1.807, 2.05) is 0 Å². The Kier molecular flexibility index (Phi) is 5.39. The third-order valence-electron chi connectivity index (χ3n) is 4.61. The molecule has 1 aliphatic rings. The molecule has 0 fully saturated rings. The van der Waals surface area contributed by atoms with E-state index in [-0.39, 0.29) is 27.9 Å². The van der Waals surface area contributed by atoms with E-state index in [1.165, 1.54) is 37.4 Å². The number of fused-ring (bicyclic) bond motifs is 1. The summed E-state index contributed by atoms with van der Waals surface area (Å²) in [6.07, 6.45) is 1.56. The number of benzene rings is 3. The smallest absolute Gasteiger partial charge is 0.339 e. The molecule has 0 unspecified atom stereocenters. The van der Waals surface area contributed by atoms with Crippen LogP contribution in [-0.2, 0) is 10.1 Å². The second-order valence-corrected chi connectivity index (χ2v) is 8.10. The highest BCUT2D eigenvalue weighted by Gasteiger charge is 2.29. The lowest BCUT2D eigenvalue weighted by Crippen LogP contribution is -2.09. The largest absolute Gasteiger partial charge is 0.497 e. The summed E-state index contributed by atoms with van der Waals surface area (Å²) in [7, 11) is -0.946. The molecule has 0 saturated heterocycles. The van der Waals surface area contributed by atoms with Gasteiger partial charge in [0.05, 0.1) is 19.8 Å². The summed E-state index contributed by atoms with van der Waals surface area (Å²) in [5.74, 6) is 1.13. The van der Waals surface area contributed by atoms with Crippen LogP contribution in [0.5, 0.6) is 23.0 Å². The summed E-state index contributed by atoms with van der Waals surface area (Å²) < 4.78 is 46.3. The van der Waals surface area contributed by atoms with Crippen LogP contribution in [-0.4, -0.2) is 28.4 Å². The first-order valence-electron chi connectivity index (χ1n) is 9.21. The van der Waals surface area contributed by atoms with E-state index in [2.05, 4.69) is 0 Å². The lowest BCUT2D eigenvalue weighted by Gasteiger charge is -2.08. The maximum absolute atomic E-state index is 12.7. The van der Waals surface area contributed by atoms with Crippen molar-refractivity contribution in [3.05, 3.63) is 83.6 Å². The van der Waals surface area contributed by atoms with Crippen molar-refractivity contribution in [2.75, 3.05) is 14.2 Å². The molecule has 0 spiro atoms. The molecule has 0 N–H and O–H groups in total. The van der Waals surface area contributed by atoms with Crippen molar-refractivity contribution < 1.29 is 31.6 Å². The molecule has 0 amide bonds. The first kappa shape index (κ1) is 20.5. The lowest BCUT2D eigenvalue weighted by molar-refractivity contribution is 0.101. The number of Topliss-reactive ketones (excluding diaryl/α,β-unsaturated/α-hetero) is 1. The van der Waals surface area contributed by atoms with Crippen LogP contribution in [0.2, 0.25) is 0 Å². The van der Waals surface area contributed by atoms with Gasteiger partial charge in [-0.3, -0.25) is 4.79 Å². The van der Waals surface area contributed by atoms with Crippen LogP contribution in [0.15, 0.2) is 77.4 Å². The molecular weight excluding hydrogens is 420 g/mol. The predicted molar refractivity (Wildman–Crippen MR) is 113 cm³/mol. The molecule has 4 rings (SSSR count). The molecule has 158 valence electrons. The summed E-state index contributed by atoms with van der Waals surface area (Å²) in [6, 6.07) is 17.2. The fraction of sp³-hybridized carbons (Fsp3) is 0.0870. The molecule has 3 aromatic rings. The highest BCUT2D eigenvalue weighted by Crippen LogP contribution is 2.37. The number of rotatable bonds is 6. The van der Waals surface area contributed by atoms with E-state index in [0.717, 1.165) is 0 Å². The molecule has 0 saturated carbocycles. The summed E-state index contributed by atoms with van der Waals surface area (Å²) in [5.41, 5.74) is 0.936. The molecular formula is C23H18O7S. The van der Waals surface area contributed by atoms with E-state index in [9.17, 15) is 13.2 Å². The molecule has 8 heteroatoms. The van der Waals surface area contributed by atoms with Crippen LogP contribution in [0, 0.1) is 0 Å². The van der Waals surface area contributed by atoms with Crippen molar-refractivity contribution in [2.24, 2.45) is 0 Å². The molecule has 0 radical (unpaired) electrons. The number of allylic oxidation sites excluding steroid dienone is 1. The van der Waals surface area contributed by atoms with Gasteiger partial charge < -0.3 is 18.4 Å². The van der Waals surface area contributed by atoms with Gasteiger partial charge in [0, 0.05) is 17.7 Å². The third kappa shape index (κ3) is 4.10. The van der Waals surface area contributed by atoms with E-state index in [4.69, 9.17) is 18.4 Å². The average Bonchev–Trinajstić information content (AvgIpc) is 3.09. The lowest BCUT2D eigenvalue weighted by atomic mass is 10.1. The van der Waals surface area contributed by atoms with Gasteiger partial charge in [-0.05, 0) is 42.5 Å². The van der Waals surface area contributed by atoms with Gasteiger partial charge in [0.15, 0.2) is 5.76 Å². The molecule has 0 bridgehead atoms. The molecule has 0 aromatic heterocycles. The predicted octanol–water partition coefficient (Wildman–Crippen LogP) is 4.09. The number of carbonyl (C=O) groups excluding carboxylic acids is 1. The number of hydrogen-bond donors (Lipinski definition) is 0. The average molecular weight is 438 g/mol. The van der Waals surface area contributed by atoms with E-state index in [1.54, 1.807) is 49.6 Å². The molecule has 1 aliphatic heterocycles. The quantitative estimate of drug-likeness (QED) is 0.423. The fourth-order valence-electron chi connectivity index (χ4n) is 3.06. The maximum Gasteiger partial charge on any atom is 0.339 e. The monoisotopic (exact) mass is 438 g/mol. The van der Waals surface area contributed by atoms with Crippen LogP contribution in [0.4, 0.5) is 0 Å². The number of carbonyl (C=O) groups is 1. The first-order valence-corrected chi connectivity index (χ1v) is 10.6. The van der Waals surface area contributed by atoms with Crippen molar-refractivity contribution in [1.29, 1.82) is 0 Å². The van der Waals surface area contributed by atoms with Crippen LogP contribution in [0.1, 0.15) is 15.9 Å². The topological polar surface area (TPSA) is 88.1 Å². The molecule has 1 heterocycles. The van der Waals surface area contributed by atoms with Crippen molar-refractivity contribution in [1.82, 2.24) is 0 Å². The van der Waals surface area contributed by atoms with Crippen LogP contribution in [0.3, 0.4) is 0 Å². The Morgan fingerprint density at radius 2 is 1.61 bits per heavy atom. The second kappa shape index (κ2) is 8.16. The van der Waals surface area contributed by atoms with Crippen LogP contribution < -0.4 is 18.4 Å². The Balaban J connectivity index is 1.61. The van der Waals surface area contributed by atoms with Crippen LogP contribution in [0.25, 0.3) is 6.08 Å². The van der Waals surface area contributed by atoms with Gasteiger partial charge >= 0.3 is 10.1 Å². The minimum absolute atomic E-state index is 0.0275. The van der Waals surface area contributed by atoms with Crippen molar-refractivity contribution >= 4 is 22.0 Å². The van der Waals surface area contributed by atoms with Gasteiger partial charge in [-0.25, -0.2) is 0 Å². The van der Waals surface area contributed by atoms with Gasteiger partial charge in [-0.15, -0.1) is 0 Å². The SMILES string of the molecule is COc1ccc(/C=C2\Oc3cc(OS(=O)(=O)c4ccccc4)ccc3C2=O)c(OC)c1. The number of ketones is 1. The first-order chi connectivity index (χ1) is 14.9. The molecule has 3 aromatic carbocycles. The Bertz CT molecular complexity index is 1280. The van der Waals surface area contributed by atoms with Gasteiger partial charge in [0.2, 0.25) is 5.78 Å². The highest BCUT2D eigenvalue weighted by atomic mass is 32.2.